The van der Waals surface area contributed by atoms with Gasteiger partial charge in [-0.15, -0.1) is 0 Å². The minimum Gasteiger partial charge on any atom is -0.281 e. The van der Waals surface area contributed by atoms with E-state index in [-0.39, 0.29) is 34.4 Å². The maximum absolute atomic E-state index is 12.6. The van der Waals surface area contributed by atoms with Gasteiger partial charge < -0.3 is 0 Å². The van der Waals surface area contributed by atoms with E-state index in [1.807, 2.05) is 18.2 Å². The Balaban J connectivity index is 2.20. The van der Waals surface area contributed by atoms with E-state index >= 15 is 0 Å². The van der Waals surface area contributed by atoms with Crippen LogP contribution in [0.25, 0.3) is 5.57 Å². The summed E-state index contributed by atoms with van der Waals surface area (Å²) in [7, 11) is 0. The number of anilines is 1. The van der Waals surface area contributed by atoms with Gasteiger partial charge in [0.1, 0.15) is 18.2 Å². The summed E-state index contributed by atoms with van der Waals surface area (Å²) in [6.07, 6.45) is 0.0527. The average molecular weight is 361 g/mol. The first-order valence-electron chi connectivity index (χ1n) is 7.39. The van der Waals surface area contributed by atoms with Gasteiger partial charge in [0.05, 0.1) is 22.4 Å². The van der Waals surface area contributed by atoms with E-state index in [4.69, 9.17) is 16.9 Å². The Morgan fingerprint density at radius 3 is 2.27 bits per heavy atom. The number of allylic oxidation sites excluding steroid dienone is 1. The van der Waals surface area contributed by atoms with Gasteiger partial charge in [0.25, 0.3) is 5.91 Å². The van der Waals surface area contributed by atoms with Crippen LogP contribution in [0, 0.1) is 34.0 Å². The molecule has 0 bridgehead atoms. The molecule has 1 aliphatic rings. The van der Waals surface area contributed by atoms with E-state index in [9.17, 15) is 20.5 Å². The van der Waals surface area contributed by atoms with Gasteiger partial charge in [-0.2, -0.15) is 20.8 Å². The van der Waals surface area contributed by atoms with Crippen molar-refractivity contribution in [2.75, 3.05) is 5.06 Å². The highest BCUT2D eigenvalue weighted by Crippen LogP contribution is 2.35. The van der Waals surface area contributed by atoms with Crippen molar-refractivity contribution >= 4 is 28.8 Å². The van der Waals surface area contributed by atoms with Crippen LogP contribution in [-0.4, -0.2) is 11.1 Å². The van der Waals surface area contributed by atoms with Crippen LogP contribution in [0.5, 0.6) is 0 Å². The molecule has 0 aromatic heterocycles. The molecule has 0 saturated carbocycles. The zero-order chi connectivity index (χ0) is 18.8. The van der Waals surface area contributed by atoms with E-state index in [1.165, 1.54) is 12.1 Å². The normalized spacial score (nSPS) is 14.7. The molecule has 0 spiro atoms. The van der Waals surface area contributed by atoms with Crippen LogP contribution in [0.2, 0.25) is 5.02 Å². The molecule has 1 aliphatic heterocycles. The predicted octanol–water partition coefficient (Wildman–Crippen LogP) is 3.34. The van der Waals surface area contributed by atoms with Gasteiger partial charge in [0.2, 0.25) is 0 Å². The predicted molar refractivity (Wildman–Crippen MR) is 92.8 cm³/mol. The number of benzene rings is 2. The summed E-state index contributed by atoms with van der Waals surface area (Å²) in [5, 5.41) is 39.0. The number of hydroxylamine groups is 1. The average Bonchev–Trinajstić information content (AvgIpc) is 2.66. The van der Waals surface area contributed by atoms with Crippen molar-refractivity contribution in [1.29, 1.82) is 15.8 Å². The lowest BCUT2D eigenvalue weighted by molar-refractivity contribution is -0.120. The molecule has 6 nitrogen and oxygen atoms in total. The van der Waals surface area contributed by atoms with Crippen LogP contribution in [-0.2, 0) is 11.2 Å². The monoisotopic (exact) mass is 360 g/mol. The van der Waals surface area contributed by atoms with Gasteiger partial charge >= 0.3 is 0 Å². The molecule has 0 saturated heterocycles. The van der Waals surface area contributed by atoms with Crippen molar-refractivity contribution < 1.29 is 10.0 Å². The molecule has 2 aromatic rings. The zero-order valence-electron chi connectivity index (χ0n) is 13.2. The van der Waals surface area contributed by atoms with E-state index in [2.05, 4.69) is 0 Å². The first-order valence-corrected chi connectivity index (χ1v) is 7.77. The lowest BCUT2D eigenvalue weighted by Crippen LogP contribution is -2.34. The van der Waals surface area contributed by atoms with Crippen LogP contribution in [0.4, 0.5) is 5.69 Å². The van der Waals surface area contributed by atoms with Crippen molar-refractivity contribution in [3.05, 3.63) is 69.2 Å². The van der Waals surface area contributed by atoms with E-state index < -0.39 is 5.91 Å². The number of hydrogen-bond donors (Lipinski definition) is 1. The van der Waals surface area contributed by atoms with Gasteiger partial charge in [0, 0.05) is 17.0 Å². The van der Waals surface area contributed by atoms with Crippen LogP contribution < -0.4 is 5.06 Å². The Hall–Kier alpha value is -3.63. The standard InChI is InChI=1S/C19H9ClN4O2/c20-15-3-1-11(2-4-15)17(10-23)16-6-12-5-13(8-21)14(9-22)7-18(12)24(26)19(16)25/h1-5,7,26H,6H2/b17-16-. The molecule has 7 heteroatoms. The van der Waals surface area contributed by atoms with E-state index in [1.54, 1.807) is 24.3 Å². The number of carbonyl (C=O) groups is 1. The second-order valence-corrected chi connectivity index (χ2v) is 5.95. The van der Waals surface area contributed by atoms with E-state index in [0.717, 1.165) is 0 Å². The van der Waals surface area contributed by atoms with Crippen LogP contribution in [0.3, 0.4) is 0 Å². The second-order valence-electron chi connectivity index (χ2n) is 5.52. The SMILES string of the molecule is N#C/C(=C1\Cc2cc(C#N)c(C#N)cc2N(O)C1=O)c1ccc(Cl)cc1. The first kappa shape index (κ1) is 17.2. The summed E-state index contributed by atoms with van der Waals surface area (Å²) in [4.78, 5) is 12.6. The van der Waals surface area contributed by atoms with E-state index in [0.29, 0.717) is 21.2 Å². The first-order chi connectivity index (χ1) is 12.5. The molecule has 2 aromatic carbocycles. The lowest BCUT2D eigenvalue weighted by Gasteiger charge is -2.26. The van der Waals surface area contributed by atoms with Crippen molar-refractivity contribution in [2.24, 2.45) is 0 Å². The number of hydrogen-bond acceptors (Lipinski definition) is 5. The summed E-state index contributed by atoms with van der Waals surface area (Å²) in [6.45, 7) is 0. The molecule has 1 amide bonds. The molecule has 26 heavy (non-hydrogen) atoms. The van der Waals surface area contributed by atoms with Gasteiger partial charge in [-0.05, 0) is 35.4 Å². The Morgan fingerprint density at radius 2 is 1.69 bits per heavy atom. The minimum absolute atomic E-state index is 0.0527. The molecule has 0 radical (unpaired) electrons. The highest BCUT2D eigenvalue weighted by Gasteiger charge is 2.31. The second kappa shape index (κ2) is 6.70. The molecule has 0 unspecified atom stereocenters. The zero-order valence-corrected chi connectivity index (χ0v) is 13.9. The van der Waals surface area contributed by atoms with Gasteiger partial charge in [-0.25, -0.2) is 0 Å². The highest BCUT2D eigenvalue weighted by atomic mass is 35.5. The van der Waals surface area contributed by atoms with Gasteiger partial charge in [0.15, 0.2) is 0 Å². The Morgan fingerprint density at radius 1 is 1.08 bits per heavy atom. The number of rotatable bonds is 1. The molecular weight excluding hydrogens is 352 g/mol. The molecule has 0 atom stereocenters. The topological polar surface area (TPSA) is 112 Å². The lowest BCUT2D eigenvalue weighted by atomic mass is 9.89. The number of nitriles is 3. The number of amides is 1. The fourth-order valence-electron chi connectivity index (χ4n) is 2.78. The fraction of sp³-hybridized carbons (Fsp3) is 0.0526. The summed E-state index contributed by atoms with van der Waals surface area (Å²) >= 11 is 5.85. The van der Waals surface area contributed by atoms with Crippen LogP contribution >= 0.6 is 11.6 Å². The molecule has 124 valence electrons. The molecular formula is C19H9ClN4O2. The summed E-state index contributed by atoms with van der Waals surface area (Å²) in [6, 6.07) is 14.9. The van der Waals surface area contributed by atoms with Crippen LogP contribution in [0.1, 0.15) is 22.3 Å². The number of fused-ring (bicyclic) bond motifs is 1. The maximum atomic E-state index is 12.6. The number of carbonyl (C=O) groups excluding carboxylic acids is 1. The third-order valence-corrected chi connectivity index (χ3v) is 4.30. The number of nitrogens with zero attached hydrogens (tertiary/aromatic N) is 4. The third-order valence-electron chi connectivity index (χ3n) is 4.05. The van der Waals surface area contributed by atoms with Crippen molar-refractivity contribution in [3.8, 4) is 18.2 Å². The number of halogens is 1. The third kappa shape index (κ3) is 2.79. The Bertz CT molecular complexity index is 1080. The minimum atomic E-state index is -0.752. The molecule has 1 N–H and O–H groups in total. The Labute approximate surface area is 153 Å². The molecule has 3 rings (SSSR count). The quantitative estimate of drug-likeness (QED) is 0.476. The molecule has 1 heterocycles. The fourth-order valence-corrected chi connectivity index (χ4v) is 2.90. The largest absolute Gasteiger partial charge is 0.281 e. The summed E-state index contributed by atoms with van der Waals surface area (Å²) < 4.78 is 0. The van der Waals surface area contributed by atoms with Gasteiger partial charge in [-0.3, -0.25) is 10.0 Å². The Kier molecular flexibility index (Phi) is 4.43. The summed E-state index contributed by atoms with van der Waals surface area (Å²) in [5.74, 6) is -0.752. The molecule has 0 fully saturated rings. The van der Waals surface area contributed by atoms with Crippen molar-refractivity contribution in [2.45, 2.75) is 6.42 Å². The summed E-state index contributed by atoms with van der Waals surface area (Å²) in [5.41, 5.74) is 1.49. The smallest absolute Gasteiger partial charge is 0.279 e. The van der Waals surface area contributed by atoms with Crippen molar-refractivity contribution in [3.63, 3.8) is 0 Å². The maximum Gasteiger partial charge on any atom is 0.279 e. The van der Waals surface area contributed by atoms with Crippen LogP contribution in [0.15, 0.2) is 42.0 Å². The highest BCUT2D eigenvalue weighted by molar-refractivity contribution is 6.30. The molecule has 0 aliphatic carbocycles. The van der Waals surface area contributed by atoms with Gasteiger partial charge in [-0.1, -0.05) is 23.7 Å². The van der Waals surface area contributed by atoms with Crippen molar-refractivity contribution in [1.82, 2.24) is 0 Å².